The van der Waals surface area contributed by atoms with E-state index < -0.39 is 0 Å². The number of benzene rings is 3. The fourth-order valence-corrected chi connectivity index (χ4v) is 3.51. The molecule has 2 heteroatoms. The summed E-state index contributed by atoms with van der Waals surface area (Å²) in [6.45, 7) is 8.62. The van der Waals surface area contributed by atoms with Gasteiger partial charge in [-0.1, -0.05) is 82.3 Å². The minimum atomic E-state index is -0.285. The molecular weight excluding hydrogens is 320 g/mol. The van der Waals surface area contributed by atoms with Crippen molar-refractivity contribution in [2.45, 2.75) is 38.5 Å². The predicted molar refractivity (Wildman–Crippen MR) is 107 cm³/mol. The highest BCUT2D eigenvalue weighted by Crippen LogP contribution is 2.38. The summed E-state index contributed by atoms with van der Waals surface area (Å²) >= 11 is 0. The molecule has 2 nitrogen and oxygen atoms in total. The molecule has 0 amide bonds. The van der Waals surface area contributed by atoms with Crippen LogP contribution in [0.1, 0.15) is 49.9 Å². The maximum absolute atomic E-state index is 10.2. The van der Waals surface area contributed by atoms with Crippen LogP contribution in [0.15, 0.2) is 72.8 Å². The van der Waals surface area contributed by atoms with Gasteiger partial charge in [0.2, 0.25) is 0 Å². The van der Waals surface area contributed by atoms with Crippen LogP contribution < -0.4 is 0 Å². The van der Waals surface area contributed by atoms with Gasteiger partial charge >= 0.3 is 0 Å². The van der Waals surface area contributed by atoms with Gasteiger partial charge < -0.3 is 10.2 Å². The molecule has 0 aromatic heterocycles. The molecule has 0 heterocycles. The largest absolute Gasteiger partial charge is 0.508 e. The van der Waals surface area contributed by atoms with E-state index in [2.05, 4.69) is 52.0 Å². The monoisotopic (exact) mass is 346 g/mol. The Bertz CT molecular complexity index is 888. The number of rotatable bonds is 4. The number of para-hydroxylation sites is 1. The Morgan fingerprint density at radius 2 is 0.962 bits per heavy atom. The first-order valence-electron chi connectivity index (χ1n) is 8.92. The summed E-state index contributed by atoms with van der Waals surface area (Å²) < 4.78 is 0. The smallest absolute Gasteiger partial charge is 0.119 e. The van der Waals surface area contributed by atoms with Crippen LogP contribution in [-0.2, 0) is 10.8 Å². The van der Waals surface area contributed by atoms with E-state index in [4.69, 9.17) is 0 Å². The maximum atomic E-state index is 10.2. The van der Waals surface area contributed by atoms with Gasteiger partial charge in [-0.05, 0) is 34.9 Å². The lowest BCUT2D eigenvalue weighted by molar-refractivity contribution is 0.453. The average Bonchev–Trinajstić information content (AvgIpc) is 2.62. The SMILES string of the molecule is CC(C)(c1ccc(O)cc1)c1ccc(C(C)(C)c2ccccc2O)cc1. The Kier molecular flexibility index (Phi) is 4.53. The normalized spacial score (nSPS) is 12.2. The minimum Gasteiger partial charge on any atom is -0.508 e. The van der Waals surface area contributed by atoms with Gasteiger partial charge in [-0.25, -0.2) is 0 Å². The van der Waals surface area contributed by atoms with Crippen molar-refractivity contribution in [2.75, 3.05) is 0 Å². The quantitative estimate of drug-likeness (QED) is 0.631. The Balaban J connectivity index is 1.95. The summed E-state index contributed by atoms with van der Waals surface area (Å²) in [7, 11) is 0. The van der Waals surface area contributed by atoms with Gasteiger partial charge in [0.25, 0.3) is 0 Å². The van der Waals surface area contributed by atoms with Crippen LogP contribution >= 0.6 is 0 Å². The highest BCUT2D eigenvalue weighted by Gasteiger charge is 2.28. The molecule has 0 aliphatic heterocycles. The Labute approximate surface area is 155 Å². The summed E-state index contributed by atoms with van der Waals surface area (Å²) in [6.07, 6.45) is 0. The second-order valence-corrected chi connectivity index (χ2v) is 7.89. The molecule has 3 rings (SSSR count). The number of hydrogen-bond acceptors (Lipinski definition) is 2. The second kappa shape index (κ2) is 6.53. The summed E-state index contributed by atoms with van der Waals surface area (Å²) in [5.41, 5.74) is 4.00. The van der Waals surface area contributed by atoms with Gasteiger partial charge in [-0.15, -0.1) is 0 Å². The maximum Gasteiger partial charge on any atom is 0.119 e. The van der Waals surface area contributed by atoms with Crippen LogP contribution in [0.25, 0.3) is 0 Å². The van der Waals surface area contributed by atoms with E-state index in [9.17, 15) is 10.2 Å². The number of phenols is 2. The molecule has 2 N–H and O–H groups in total. The number of aromatic hydroxyl groups is 2. The van der Waals surface area contributed by atoms with Crippen LogP contribution in [0.3, 0.4) is 0 Å². The molecule has 0 aliphatic carbocycles. The Morgan fingerprint density at radius 3 is 1.46 bits per heavy atom. The number of phenolic OH excluding ortho intramolecular Hbond substituents is 2. The van der Waals surface area contributed by atoms with Gasteiger partial charge in [0.1, 0.15) is 11.5 Å². The van der Waals surface area contributed by atoms with Crippen molar-refractivity contribution in [1.29, 1.82) is 0 Å². The molecule has 0 spiro atoms. The van der Waals surface area contributed by atoms with E-state index in [-0.39, 0.29) is 16.6 Å². The number of hydrogen-bond donors (Lipinski definition) is 2. The van der Waals surface area contributed by atoms with Crippen LogP contribution in [-0.4, -0.2) is 10.2 Å². The zero-order chi connectivity index (χ0) is 18.9. The van der Waals surface area contributed by atoms with Crippen molar-refractivity contribution >= 4 is 0 Å². The first-order chi connectivity index (χ1) is 12.2. The topological polar surface area (TPSA) is 40.5 Å². The molecule has 26 heavy (non-hydrogen) atoms. The summed E-state index contributed by atoms with van der Waals surface area (Å²) in [6, 6.07) is 23.5. The zero-order valence-electron chi connectivity index (χ0n) is 15.8. The zero-order valence-corrected chi connectivity index (χ0v) is 15.8. The predicted octanol–water partition coefficient (Wildman–Crippen LogP) is 5.75. The third-order valence-corrected chi connectivity index (χ3v) is 5.49. The van der Waals surface area contributed by atoms with E-state index >= 15 is 0 Å². The van der Waals surface area contributed by atoms with Crippen molar-refractivity contribution in [2.24, 2.45) is 0 Å². The lowest BCUT2D eigenvalue weighted by atomic mass is 9.74. The molecule has 0 saturated heterocycles. The Morgan fingerprint density at radius 1 is 0.538 bits per heavy atom. The lowest BCUT2D eigenvalue weighted by Gasteiger charge is -2.30. The van der Waals surface area contributed by atoms with Gasteiger partial charge in [-0.2, -0.15) is 0 Å². The van der Waals surface area contributed by atoms with Crippen LogP contribution in [0.2, 0.25) is 0 Å². The fraction of sp³-hybridized carbons (Fsp3) is 0.250. The molecule has 134 valence electrons. The van der Waals surface area contributed by atoms with Crippen molar-refractivity contribution in [3.8, 4) is 11.5 Å². The minimum absolute atomic E-state index is 0.161. The first kappa shape index (κ1) is 18.1. The highest BCUT2D eigenvalue weighted by molar-refractivity contribution is 5.47. The molecule has 0 aliphatic rings. The average molecular weight is 346 g/mol. The molecular formula is C24H26O2. The molecule has 3 aromatic rings. The molecule has 3 aromatic carbocycles. The van der Waals surface area contributed by atoms with Gasteiger partial charge in [-0.3, -0.25) is 0 Å². The van der Waals surface area contributed by atoms with E-state index in [0.29, 0.717) is 5.75 Å². The summed E-state index contributed by atoms with van der Waals surface area (Å²) in [4.78, 5) is 0. The summed E-state index contributed by atoms with van der Waals surface area (Å²) in [5, 5.41) is 19.8. The summed E-state index contributed by atoms with van der Waals surface area (Å²) in [5.74, 6) is 0.607. The van der Waals surface area contributed by atoms with Gasteiger partial charge in [0, 0.05) is 16.4 Å². The second-order valence-electron chi connectivity index (χ2n) is 7.89. The van der Waals surface area contributed by atoms with Gasteiger partial charge in [0.05, 0.1) is 0 Å². The Hall–Kier alpha value is -2.74. The van der Waals surface area contributed by atoms with Crippen LogP contribution in [0.4, 0.5) is 0 Å². The van der Waals surface area contributed by atoms with Crippen LogP contribution in [0.5, 0.6) is 11.5 Å². The van der Waals surface area contributed by atoms with E-state index in [1.165, 1.54) is 5.56 Å². The molecule has 0 atom stereocenters. The fourth-order valence-electron chi connectivity index (χ4n) is 3.51. The highest BCUT2D eigenvalue weighted by atomic mass is 16.3. The molecule has 0 radical (unpaired) electrons. The van der Waals surface area contributed by atoms with Crippen LogP contribution in [0, 0.1) is 0 Å². The third kappa shape index (κ3) is 3.20. The lowest BCUT2D eigenvalue weighted by Crippen LogP contribution is -2.21. The first-order valence-corrected chi connectivity index (χ1v) is 8.92. The van der Waals surface area contributed by atoms with Crippen molar-refractivity contribution < 1.29 is 10.2 Å². The standard InChI is InChI=1S/C24H26O2/c1-23(2,18-13-15-20(25)16-14-18)17-9-11-19(12-10-17)24(3,4)21-7-5-6-8-22(21)26/h5-16,25-26H,1-4H3. The van der Waals surface area contributed by atoms with E-state index in [1.54, 1.807) is 18.2 Å². The van der Waals surface area contributed by atoms with Gasteiger partial charge in [0.15, 0.2) is 0 Å². The van der Waals surface area contributed by atoms with E-state index in [1.807, 2.05) is 30.3 Å². The molecule has 0 fully saturated rings. The van der Waals surface area contributed by atoms with Crippen molar-refractivity contribution in [3.05, 3.63) is 95.1 Å². The molecule has 0 bridgehead atoms. The molecule has 0 unspecified atom stereocenters. The molecule has 0 saturated carbocycles. The third-order valence-electron chi connectivity index (χ3n) is 5.49. The van der Waals surface area contributed by atoms with Crippen molar-refractivity contribution in [3.63, 3.8) is 0 Å². The van der Waals surface area contributed by atoms with Crippen molar-refractivity contribution in [1.82, 2.24) is 0 Å². The van der Waals surface area contributed by atoms with E-state index in [0.717, 1.165) is 16.7 Å².